The molecule has 0 aliphatic heterocycles. The smallest absolute Gasteiger partial charge is 0.273 e. The van der Waals surface area contributed by atoms with Gasteiger partial charge in [0.2, 0.25) is 11.8 Å². The van der Waals surface area contributed by atoms with Crippen molar-refractivity contribution in [2.45, 2.75) is 162 Å². The zero-order valence-corrected chi connectivity index (χ0v) is 32.1. The molecule has 0 saturated heterocycles. The molecule has 1 unspecified atom stereocenters. The first-order valence-corrected chi connectivity index (χ1v) is 20.0. The van der Waals surface area contributed by atoms with Crippen LogP contribution in [0.1, 0.15) is 181 Å². The number of hydrazine groups is 2. The molecule has 0 aliphatic rings. The number of rotatable bonds is 26. The van der Waals surface area contributed by atoms with Crippen LogP contribution in [-0.2, 0) is 22.4 Å². The SMILES string of the molecule is CCCCCCCCc1ccc(C(=O)NNC(=O)CCCCCCCCC(C)C(=O)NNC(=O)c2ccc(CCCCCCCC)cc2O)c(O)c1. The molecule has 10 nitrogen and oxygen atoms in total. The normalized spacial score (nSPS) is 11.5. The molecule has 2 rings (SSSR count). The number of amides is 4. The van der Waals surface area contributed by atoms with Gasteiger partial charge in [0, 0.05) is 12.3 Å². The Balaban J connectivity index is 1.52. The molecular weight excluding hydrogens is 656 g/mol. The van der Waals surface area contributed by atoms with Crippen molar-refractivity contribution < 1.29 is 29.4 Å². The molecule has 0 spiro atoms. The molecule has 0 aromatic heterocycles. The summed E-state index contributed by atoms with van der Waals surface area (Å²) in [6.07, 6.45) is 22.3. The minimum absolute atomic E-state index is 0.0895. The summed E-state index contributed by atoms with van der Waals surface area (Å²) in [7, 11) is 0. The van der Waals surface area contributed by atoms with Crippen molar-refractivity contribution in [2.24, 2.45) is 5.92 Å². The molecule has 52 heavy (non-hydrogen) atoms. The highest BCUT2D eigenvalue weighted by molar-refractivity contribution is 5.98. The number of aromatic hydroxyl groups is 2. The highest BCUT2D eigenvalue weighted by atomic mass is 16.3. The molecule has 10 heteroatoms. The predicted molar refractivity (Wildman–Crippen MR) is 208 cm³/mol. The fourth-order valence-electron chi connectivity index (χ4n) is 6.21. The summed E-state index contributed by atoms with van der Waals surface area (Å²) in [5.41, 5.74) is 12.0. The quantitative estimate of drug-likeness (QED) is 0.0421. The van der Waals surface area contributed by atoms with Gasteiger partial charge in [-0.1, -0.05) is 129 Å². The van der Waals surface area contributed by atoms with E-state index >= 15 is 0 Å². The molecular formula is C42H66N4O6. The van der Waals surface area contributed by atoms with E-state index in [-0.39, 0.29) is 46.8 Å². The van der Waals surface area contributed by atoms with Crippen molar-refractivity contribution >= 4 is 23.6 Å². The van der Waals surface area contributed by atoms with Crippen molar-refractivity contribution in [3.8, 4) is 11.5 Å². The maximum Gasteiger partial charge on any atom is 0.273 e. The van der Waals surface area contributed by atoms with Gasteiger partial charge in [0.05, 0.1) is 11.1 Å². The van der Waals surface area contributed by atoms with E-state index in [0.29, 0.717) is 12.8 Å². The molecule has 0 aliphatic carbocycles. The maximum atomic E-state index is 12.6. The van der Waals surface area contributed by atoms with Gasteiger partial charge >= 0.3 is 0 Å². The van der Waals surface area contributed by atoms with Crippen molar-refractivity contribution in [1.82, 2.24) is 21.7 Å². The number of phenols is 2. The molecule has 0 heterocycles. The number of benzene rings is 2. The Kier molecular flexibility index (Phi) is 22.6. The molecule has 0 fully saturated rings. The second-order valence-corrected chi connectivity index (χ2v) is 14.2. The van der Waals surface area contributed by atoms with Gasteiger partial charge in [-0.15, -0.1) is 0 Å². The average Bonchev–Trinajstić information content (AvgIpc) is 3.13. The average molecular weight is 723 g/mol. The predicted octanol–water partition coefficient (Wildman–Crippen LogP) is 8.88. The van der Waals surface area contributed by atoms with Gasteiger partial charge in [0.25, 0.3) is 11.8 Å². The van der Waals surface area contributed by atoms with Crippen LogP contribution in [0.25, 0.3) is 0 Å². The van der Waals surface area contributed by atoms with Gasteiger partial charge in [-0.3, -0.25) is 40.9 Å². The number of phenolic OH excluding ortho intramolecular Hbond substituents is 2. The lowest BCUT2D eigenvalue weighted by Gasteiger charge is -2.14. The monoisotopic (exact) mass is 722 g/mol. The van der Waals surface area contributed by atoms with E-state index in [1.807, 2.05) is 19.1 Å². The first kappa shape index (κ1) is 44.1. The number of carbonyl (C=O) groups is 4. The number of unbranched alkanes of at least 4 members (excludes halogenated alkanes) is 15. The summed E-state index contributed by atoms with van der Waals surface area (Å²) < 4.78 is 0. The summed E-state index contributed by atoms with van der Waals surface area (Å²) in [5.74, 6) is -2.12. The zero-order chi connectivity index (χ0) is 38.0. The van der Waals surface area contributed by atoms with Crippen molar-refractivity contribution in [3.05, 3.63) is 58.7 Å². The van der Waals surface area contributed by atoms with Crippen LogP contribution in [0.2, 0.25) is 0 Å². The summed E-state index contributed by atoms with van der Waals surface area (Å²) in [6, 6.07) is 10.2. The Morgan fingerprint density at radius 3 is 1.44 bits per heavy atom. The van der Waals surface area contributed by atoms with Crippen LogP contribution in [0.3, 0.4) is 0 Å². The van der Waals surface area contributed by atoms with E-state index in [1.165, 1.54) is 51.4 Å². The van der Waals surface area contributed by atoms with E-state index in [1.54, 1.807) is 24.3 Å². The van der Waals surface area contributed by atoms with Crippen molar-refractivity contribution in [1.29, 1.82) is 0 Å². The van der Waals surface area contributed by atoms with Crippen LogP contribution in [0, 0.1) is 5.92 Å². The fraction of sp³-hybridized carbons (Fsp3) is 0.619. The second kappa shape index (κ2) is 26.7. The Bertz CT molecular complexity index is 1360. The number of hydrogen-bond acceptors (Lipinski definition) is 6. The molecule has 0 bridgehead atoms. The third kappa shape index (κ3) is 18.4. The lowest BCUT2D eigenvalue weighted by atomic mass is 10.0. The van der Waals surface area contributed by atoms with Crippen LogP contribution in [0.4, 0.5) is 0 Å². The summed E-state index contributed by atoms with van der Waals surface area (Å²) >= 11 is 0. The molecule has 1 atom stereocenters. The number of carbonyl (C=O) groups excluding carboxylic acids is 4. The third-order valence-corrected chi connectivity index (χ3v) is 9.60. The summed E-state index contributed by atoms with van der Waals surface area (Å²) in [5, 5.41) is 20.7. The van der Waals surface area contributed by atoms with E-state index < -0.39 is 11.8 Å². The largest absolute Gasteiger partial charge is 0.507 e. The maximum absolute atomic E-state index is 12.6. The van der Waals surface area contributed by atoms with Gasteiger partial charge in [0.15, 0.2) is 0 Å². The summed E-state index contributed by atoms with van der Waals surface area (Å²) in [4.78, 5) is 49.8. The lowest BCUT2D eigenvalue weighted by Crippen LogP contribution is -2.44. The van der Waals surface area contributed by atoms with Crippen LogP contribution < -0.4 is 21.7 Å². The van der Waals surface area contributed by atoms with E-state index in [0.717, 1.165) is 81.8 Å². The fourth-order valence-corrected chi connectivity index (χ4v) is 6.21. The minimum Gasteiger partial charge on any atom is -0.507 e. The number of hydrogen-bond donors (Lipinski definition) is 6. The van der Waals surface area contributed by atoms with Gasteiger partial charge in [-0.2, -0.15) is 0 Å². The van der Waals surface area contributed by atoms with Crippen LogP contribution >= 0.6 is 0 Å². The van der Waals surface area contributed by atoms with Gasteiger partial charge in [0.1, 0.15) is 11.5 Å². The van der Waals surface area contributed by atoms with Crippen molar-refractivity contribution in [3.63, 3.8) is 0 Å². The first-order chi connectivity index (χ1) is 25.2. The van der Waals surface area contributed by atoms with E-state index in [2.05, 4.69) is 35.6 Å². The molecule has 290 valence electrons. The van der Waals surface area contributed by atoms with Crippen LogP contribution in [-0.4, -0.2) is 33.8 Å². The standard InChI is InChI=1S/C42H66N4O6/c1-4-6-8-10-15-19-23-33-26-28-35(37(47)30-33)41(51)45-43-39(49)25-21-17-13-12-14-18-22-32(3)40(50)44-46-42(52)36-29-27-34(31-38(36)48)24-20-16-11-9-7-5-2/h26-32,47-48H,4-25H2,1-3H3,(H,43,49)(H,44,50)(H,45,51)(H,46,52). The lowest BCUT2D eigenvalue weighted by molar-refractivity contribution is -0.125. The van der Waals surface area contributed by atoms with Crippen LogP contribution in [0.5, 0.6) is 11.5 Å². The Morgan fingerprint density at radius 1 is 0.538 bits per heavy atom. The zero-order valence-electron chi connectivity index (χ0n) is 32.1. The molecule has 2 aromatic rings. The summed E-state index contributed by atoms with van der Waals surface area (Å²) in [6.45, 7) is 6.22. The van der Waals surface area contributed by atoms with E-state index in [4.69, 9.17) is 0 Å². The number of nitrogens with one attached hydrogen (secondary N) is 4. The Morgan fingerprint density at radius 2 is 0.962 bits per heavy atom. The number of aryl methyl sites for hydroxylation is 2. The van der Waals surface area contributed by atoms with Gasteiger partial charge < -0.3 is 10.2 Å². The Hall–Kier alpha value is -4.08. The van der Waals surface area contributed by atoms with Crippen molar-refractivity contribution in [2.75, 3.05) is 0 Å². The minimum atomic E-state index is -0.553. The van der Waals surface area contributed by atoms with Crippen LogP contribution in [0.15, 0.2) is 36.4 Å². The molecule has 0 radical (unpaired) electrons. The highest BCUT2D eigenvalue weighted by Gasteiger charge is 2.17. The Labute approximate surface area is 312 Å². The second-order valence-electron chi connectivity index (χ2n) is 14.2. The molecule has 6 N–H and O–H groups in total. The third-order valence-electron chi connectivity index (χ3n) is 9.60. The topological polar surface area (TPSA) is 157 Å². The molecule has 0 saturated carbocycles. The molecule has 2 aromatic carbocycles. The van der Waals surface area contributed by atoms with Gasteiger partial charge in [-0.05, 0) is 73.9 Å². The highest BCUT2D eigenvalue weighted by Crippen LogP contribution is 2.22. The first-order valence-electron chi connectivity index (χ1n) is 20.0. The van der Waals surface area contributed by atoms with Gasteiger partial charge in [-0.25, -0.2) is 0 Å². The molecule has 4 amide bonds. The van der Waals surface area contributed by atoms with E-state index in [9.17, 15) is 29.4 Å².